The van der Waals surface area contributed by atoms with E-state index in [9.17, 15) is 0 Å². The number of morpholine rings is 2. The van der Waals surface area contributed by atoms with Crippen molar-refractivity contribution in [3.63, 3.8) is 0 Å². The second-order valence-corrected chi connectivity index (χ2v) is 6.26. The van der Waals surface area contributed by atoms with Crippen LogP contribution in [0.3, 0.4) is 0 Å². The van der Waals surface area contributed by atoms with Crippen molar-refractivity contribution in [2.24, 2.45) is 0 Å². The number of ether oxygens (including phenoxy) is 2. The molecule has 0 atom stereocenters. The average molecular weight is 351 g/mol. The third kappa shape index (κ3) is 6.28. The first-order valence-corrected chi connectivity index (χ1v) is 9.02. The zero-order valence-electron chi connectivity index (χ0n) is 14.7. The van der Waals surface area contributed by atoms with Gasteiger partial charge in [0.2, 0.25) is 5.95 Å². The summed E-state index contributed by atoms with van der Waals surface area (Å²) >= 11 is 0. The maximum absolute atomic E-state index is 5.83. The highest BCUT2D eigenvalue weighted by atomic mass is 16.5. The van der Waals surface area contributed by atoms with Crippen LogP contribution in [-0.2, 0) is 9.47 Å². The molecule has 25 heavy (non-hydrogen) atoms. The van der Waals surface area contributed by atoms with Crippen molar-refractivity contribution >= 4 is 17.6 Å². The minimum Gasteiger partial charge on any atom is -0.379 e. The molecule has 0 unspecified atom stereocenters. The van der Waals surface area contributed by atoms with Crippen LogP contribution in [0.25, 0.3) is 0 Å². The van der Waals surface area contributed by atoms with Gasteiger partial charge in [-0.05, 0) is 0 Å². The Morgan fingerprint density at radius 1 is 0.840 bits per heavy atom. The zero-order chi connectivity index (χ0) is 17.3. The number of nitrogens with two attached hydrogens (primary N) is 1. The molecule has 0 radical (unpaired) electrons. The van der Waals surface area contributed by atoms with E-state index in [1.165, 1.54) is 0 Å². The molecule has 0 bridgehead atoms. The van der Waals surface area contributed by atoms with Gasteiger partial charge in [-0.15, -0.1) is 0 Å². The van der Waals surface area contributed by atoms with Gasteiger partial charge in [-0.3, -0.25) is 9.80 Å². The van der Waals surface area contributed by atoms with Gasteiger partial charge in [0.15, 0.2) is 0 Å². The topological polar surface area (TPSA) is 101 Å². The lowest BCUT2D eigenvalue weighted by molar-refractivity contribution is 0.0398. The van der Waals surface area contributed by atoms with E-state index in [4.69, 9.17) is 15.2 Å². The number of nitrogen functional groups attached to an aromatic ring is 1. The van der Waals surface area contributed by atoms with E-state index < -0.39 is 0 Å². The van der Waals surface area contributed by atoms with E-state index in [1.807, 2.05) is 6.07 Å². The quantitative estimate of drug-likeness (QED) is 0.575. The molecule has 1 aromatic heterocycles. The van der Waals surface area contributed by atoms with Crippen LogP contribution in [0.1, 0.15) is 0 Å². The summed E-state index contributed by atoms with van der Waals surface area (Å²) < 4.78 is 10.7. The fourth-order valence-corrected chi connectivity index (χ4v) is 2.98. The monoisotopic (exact) mass is 351 g/mol. The molecule has 2 fully saturated rings. The Labute approximate surface area is 148 Å². The molecule has 0 aliphatic carbocycles. The van der Waals surface area contributed by atoms with Gasteiger partial charge >= 0.3 is 0 Å². The minimum absolute atomic E-state index is 0.283. The third-order valence-electron chi connectivity index (χ3n) is 4.42. The molecule has 0 spiro atoms. The molecule has 3 heterocycles. The Morgan fingerprint density at radius 3 is 1.72 bits per heavy atom. The molecule has 4 N–H and O–H groups in total. The Kier molecular flexibility index (Phi) is 7.04. The normalized spacial score (nSPS) is 19.7. The summed E-state index contributed by atoms with van der Waals surface area (Å²) in [5, 5.41) is 6.66. The van der Waals surface area contributed by atoms with Gasteiger partial charge in [0.25, 0.3) is 0 Å². The summed E-state index contributed by atoms with van der Waals surface area (Å²) in [4.78, 5) is 13.3. The Morgan fingerprint density at radius 2 is 1.28 bits per heavy atom. The van der Waals surface area contributed by atoms with E-state index in [2.05, 4.69) is 30.4 Å². The largest absolute Gasteiger partial charge is 0.379 e. The summed E-state index contributed by atoms with van der Waals surface area (Å²) in [6, 6.07) is 1.91. The summed E-state index contributed by atoms with van der Waals surface area (Å²) in [6.07, 6.45) is 0. The van der Waals surface area contributed by atoms with Gasteiger partial charge in [0.1, 0.15) is 11.6 Å². The van der Waals surface area contributed by atoms with E-state index in [0.717, 1.165) is 90.4 Å². The van der Waals surface area contributed by atoms with Crippen LogP contribution < -0.4 is 16.4 Å². The van der Waals surface area contributed by atoms with Crippen molar-refractivity contribution in [3.05, 3.63) is 6.07 Å². The van der Waals surface area contributed by atoms with Gasteiger partial charge in [-0.1, -0.05) is 0 Å². The van der Waals surface area contributed by atoms with Crippen LogP contribution >= 0.6 is 0 Å². The Balaban J connectivity index is 1.41. The van der Waals surface area contributed by atoms with Gasteiger partial charge in [-0.2, -0.15) is 9.97 Å². The SMILES string of the molecule is Nc1nc(NCCN2CCOCC2)cc(NCCN2CCOCC2)n1. The highest BCUT2D eigenvalue weighted by molar-refractivity contribution is 5.51. The van der Waals surface area contributed by atoms with Crippen LogP contribution in [0.5, 0.6) is 0 Å². The predicted octanol–water partition coefficient (Wildman–Crippen LogP) is -0.453. The Hall–Kier alpha value is -1.68. The number of nitrogens with one attached hydrogen (secondary N) is 2. The average Bonchev–Trinajstić information content (AvgIpc) is 2.63. The van der Waals surface area contributed by atoms with Crippen LogP contribution in [0.4, 0.5) is 17.6 Å². The first-order valence-electron chi connectivity index (χ1n) is 9.02. The molecule has 140 valence electrons. The minimum atomic E-state index is 0.283. The Bertz CT molecular complexity index is 477. The van der Waals surface area contributed by atoms with Crippen LogP contribution in [0, 0.1) is 0 Å². The van der Waals surface area contributed by atoms with Crippen molar-refractivity contribution in [3.8, 4) is 0 Å². The molecule has 0 amide bonds. The highest BCUT2D eigenvalue weighted by Gasteiger charge is 2.11. The van der Waals surface area contributed by atoms with Crippen LogP contribution in [0.15, 0.2) is 6.07 Å². The van der Waals surface area contributed by atoms with Crippen molar-refractivity contribution in [2.75, 3.05) is 95.2 Å². The number of rotatable bonds is 8. The van der Waals surface area contributed by atoms with Crippen LogP contribution in [-0.4, -0.2) is 98.6 Å². The smallest absolute Gasteiger partial charge is 0.223 e. The van der Waals surface area contributed by atoms with Gasteiger partial charge in [-0.25, -0.2) is 0 Å². The summed E-state index contributed by atoms with van der Waals surface area (Å²) in [6.45, 7) is 10.8. The van der Waals surface area contributed by atoms with Crippen molar-refractivity contribution in [1.82, 2.24) is 19.8 Å². The highest BCUT2D eigenvalue weighted by Crippen LogP contribution is 2.12. The van der Waals surface area contributed by atoms with Gasteiger partial charge in [0, 0.05) is 58.4 Å². The predicted molar refractivity (Wildman–Crippen MR) is 97.9 cm³/mol. The molecule has 9 nitrogen and oxygen atoms in total. The standard InChI is InChI=1S/C16H29N7O2/c17-16-20-14(18-1-3-22-5-9-24-10-6-22)13-15(21-16)19-2-4-23-7-11-25-12-8-23/h13H,1-12H2,(H4,17,18,19,20,21). The third-order valence-corrected chi connectivity index (χ3v) is 4.42. The number of hydrogen-bond acceptors (Lipinski definition) is 9. The lowest BCUT2D eigenvalue weighted by Crippen LogP contribution is -2.39. The first kappa shape index (κ1) is 18.1. The van der Waals surface area contributed by atoms with E-state index in [1.54, 1.807) is 0 Å². The fourth-order valence-electron chi connectivity index (χ4n) is 2.98. The van der Waals surface area contributed by atoms with E-state index >= 15 is 0 Å². The molecular weight excluding hydrogens is 322 g/mol. The van der Waals surface area contributed by atoms with Crippen molar-refractivity contribution in [1.29, 1.82) is 0 Å². The maximum atomic E-state index is 5.83. The lowest BCUT2D eigenvalue weighted by atomic mass is 10.4. The lowest BCUT2D eigenvalue weighted by Gasteiger charge is -2.26. The van der Waals surface area contributed by atoms with E-state index in [-0.39, 0.29) is 5.95 Å². The van der Waals surface area contributed by atoms with Crippen molar-refractivity contribution in [2.45, 2.75) is 0 Å². The number of anilines is 3. The summed E-state index contributed by atoms with van der Waals surface area (Å²) in [5.41, 5.74) is 5.83. The molecular formula is C16H29N7O2. The molecule has 0 aromatic carbocycles. The first-order chi connectivity index (χ1) is 12.3. The molecule has 3 rings (SSSR count). The maximum Gasteiger partial charge on any atom is 0.223 e. The molecule has 2 aliphatic rings. The molecule has 0 saturated carbocycles. The summed E-state index contributed by atoms with van der Waals surface area (Å²) in [5.74, 6) is 1.80. The number of hydrogen-bond donors (Lipinski definition) is 3. The second kappa shape index (κ2) is 9.71. The molecule has 2 saturated heterocycles. The molecule has 9 heteroatoms. The molecule has 1 aromatic rings. The summed E-state index contributed by atoms with van der Waals surface area (Å²) in [7, 11) is 0. The number of aromatic nitrogens is 2. The van der Waals surface area contributed by atoms with Gasteiger partial charge in [0.05, 0.1) is 26.4 Å². The molecule has 2 aliphatic heterocycles. The van der Waals surface area contributed by atoms with Gasteiger partial charge < -0.3 is 25.8 Å². The fraction of sp³-hybridized carbons (Fsp3) is 0.750. The zero-order valence-corrected chi connectivity index (χ0v) is 14.7. The number of nitrogens with zero attached hydrogens (tertiary/aromatic N) is 4. The van der Waals surface area contributed by atoms with E-state index in [0.29, 0.717) is 0 Å². The van der Waals surface area contributed by atoms with Crippen molar-refractivity contribution < 1.29 is 9.47 Å². The van der Waals surface area contributed by atoms with Crippen LogP contribution in [0.2, 0.25) is 0 Å². The second-order valence-electron chi connectivity index (χ2n) is 6.26.